The van der Waals surface area contributed by atoms with Gasteiger partial charge in [0.2, 0.25) is 11.6 Å². The molecule has 0 saturated carbocycles. The van der Waals surface area contributed by atoms with Gasteiger partial charge in [-0.3, -0.25) is 0 Å². The first-order chi connectivity index (χ1) is 10.7. The highest BCUT2D eigenvalue weighted by atomic mass is 19.4. The molecule has 2 aromatic rings. The van der Waals surface area contributed by atoms with Crippen molar-refractivity contribution in [3.8, 4) is 5.69 Å². The highest BCUT2D eigenvalue weighted by molar-refractivity contribution is 5.52. The second-order valence-electron chi connectivity index (χ2n) is 4.78. The van der Waals surface area contributed by atoms with Gasteiger partial charge in [0.1, 0.15) is 0 Å². The highest BCUT2D eigenvalue weighted by Gasteiger charge is 2.62. The maximum Gasteiger partial charge on any atom is 0.461 e. The van der Waals surface area contributed by atoms with Crippen molar-refractivity contribution in [2.75, 3.05) is 5.73 Å². The largest absolute Gasteiger partial charge is 0.461 e. The van der Waals surface area contributed by atoms with Crippen LogP contribution in [0.4, 0.5) is 40.8 Å². The van der Waals surface area contributed by atoms with Gasteiger partial charge in [-0.2, -0.15) is 35.1 Å². The SMILES string of the molecule is Cc1cc(-n2nc(C(F)(F)C(F)(F)F)nc2C(F)(F)F)ccc1N. The second-order valence-corrected chi connectivity index (χ2v) is 4.78. The summed E-state index contributed by atoms with van der Waals surface area (Å²) >= 11 is 0. The summed E-state index contributed by atoms with van der Waals surface area (Å²) in [5.41, 5.74) is 5.54. The minimum Gasteiger partial charge on any atom is -0.399 e. The summed E-state index contributed by atoms with van der Waals surface area (Å²) in [7, 11) is 0. The highest BCUT2D eigenvalue weighted by Crippen LogP contribution is 2.43. The Labute approximate surface area is 128 Å². The lowest BCUT2D eigenvalue weighted by atomic mass is 10.2. The molecule has 1 aromatic carbocycles. The Morgan fingerprint density at radius 1 is 1.00 bits per heavy atom. The third-order valence-corrected chi connectivity index (χ3v) is 3.00. The molecule has 0 radical (unpaired) electrons. The molecule has 0 saturated heterocycles. The van der Waals surface area contributed by atoms with E-state index < -0.39 is 35.6 Å². The summed E-state index contributed by atoms with van der Waals surface area (Å²) in [5, 5.41) is 2.73. The average Bonchev–Trinajstić information content (AvgIpc) is 2.86. The molecule has 2 N–H and O–H groups in total. The van der Waals surface area contributed by atoms with Crippen LogP contribution in [0.1, 0.15) is 17.2 Å². The molecule has 0 bridgehead atoms. The summed E-state index contributed by atoms with van der Waals surface area (Å²) in [4.78, 5) is 2.37. The van der Waals surface area contributed by atoms with Gasteiger partial charge in [0.25, 0.3) is 0 Å². The Bertz CT molecular complexity index is 759. The van der Waals surface area contributed by atoms with Gasteiger partial charge < -0.3 is 5.73 Å². The topological polar surface area (TPSA) is 56.7 Å². The molecule has 0 aliphatic rings. The van der Waals surface area contributed by atoms with Crippen molar-refractivity contribution in [2.24, 2.45) is 0 Å². The molecule has 132 valence electrons. The molecule has 4 nitrogen and oxygen atoms in total. The number of hydrogen-bond donors (Lipinski definition) is 1. The molecule has 0 atom stereocenters. The van der Waals surface area contributed by atoms with E-state index in [1.807, 2.05) is 0 Å². The molecule has 0 amide bonds. The van der Waals surface area contributed by atoms with Crippen LogP contribution in [0.3, 0.4) is 0 Å². The van der Waals surface area contributed by atoms with Crippen molar-refractivity contribution in [2.45, 2.75) is 25.2 Å². The zero-order valence-electron chi connectivity index (χ0n) is 11.7. The Hall–Kier alpha value is -2.40. The van der Waals surface area contributed by atoms with Crippen LogP contribution in [-0.2, 0) is 12.1 Å². The van der Waals surface area contributed by atoms with Gasteiger partial charge in [-0.1, -0.05) is 0 Å². The fourth-order valence-corrected chi connectivity index (χ4v) is 1.73. The second kappa shape index (κ2) is 5.31. The number of rotatable bonds is 2. The molecular weight excluding hydrogens is 352 g/mol. The number of aryl methyl sites for hydroxylation is 1. The lowest BCUT2D eigenvalue weighted by Gasteiger charge is -2.15. The summed E-state index contributed by atoms with van der Waals surface area (Å²) in [6.45, 7) is 1.41. The lowest BCUT2D eigenvalue weighted by Crippen LogP contribution is -2.35. The molecule has 2 rings (SSSR count). The zero-order valence-corrected chi connectivity index (χ0v) is 11.7. The monoisotopic (exact) mass is 360 g/mol. The summed E-state index contributed by atoms with van der Waals surface area (Å²) in [5.74, 6) is -9.94. The van der Waals surface area contributed by atoms with E-state index in [1.54, 1.807) is 0 Å². The maximum atomic E-state index is 13.3. The van der Waals surface area contributed by atoms with Crippen LogP contribution in [0.5, 0.6) is 0 Å². The van der Waals surface area contributed by atoms with Crippen molar-refractivity contribution >= 4 is 5.69 Å². The quantitative estimate of drug-likeness (QED) is 0.654. The van der Waals surface area contributed by atoms with E-state index in [1.165, 1.54) is 6.92 Å². The van der Waals surface area contributed by atoms with E-state index in [-0.39, 0.29) is 15.9 Å². The molecule has 24 heavy (non-hydrogen) atoms. The van der Waals surface area contributed by atoms with Crippen LogP contribution in [-0.4, -0.2) is 20.9 Å². The normalized spacial score (nSPS) is 13.4. The number of nitrogens with zero attached hydrogens (tertiary/aromatic N) is 3. The third kappa shape index (κ3) is 2.99. The number of nitrogen functional groups attached to an aromatic ring is 1. The first-order valence-corrected chi connectivity index (χ1v) is 6.11. The van der Waals surface area contributed by atoms with Gasteiger partial charge in [-0.05, 0) is 30.7 Å². The summed E-state index contributed by atoms with van der Waals surface area (Å²) in [6.07, 6.45) is -11.4. The molecule has 1 aromatic heterocycles. The molecule has 0 unspecified atom stereocenters. The first-order valence-electron chi connectivity index (χ1n) is 6.11. The number of hydrogen-bond acceptors (Lipinski definition) is 3. The minimum absolute atomic E-state index is 0.124. The van der Waals surface area contributed by atoms with Gasteiger partial charge in [0, 0.05) is 5.69 Å². The first kappa shape index (κ1) is 17.9. The van der Waals surface area contributed by atoms with E-state index in [9.17, 15) is 35.1 Å². The summed E-state index contributed by atoms with van der Waals surface area (Å²) in [6, 6.07) is 3.20. The van der Waals surface area contributed by atoms with Gasteiger partial charge in [0.05, 0.1) is 5.69 Å². The van der Waals surface area contributed by atoms with E-state index in [4.69, 9.17) is 5.73 Å². The fraction of sp³-hybridized carbons (Fsp3) is 0.333. The van der Waals surface area contributed by atoms with Crippen LogP contribution in [0.25, 0.3) is 5.69 Å². The van der Waals surface area contributed by atoms with E-state index in [0.29, 0.717) is 0 Å². The van der Waals surface area contributed by atoms with Gasteiger partial charge in [0.15, 0.2) is 0 Å². The number of benzene rings is 1. The summed E-state index contributed by atoms with van der Waals surface area (Å²) < 4.78 is 102. The van der Waals surface area contributed by atoms with Gasteiger partial charge >= 0.3 is 18.3 Å². The molecule has 12 heteroatoms. The van der Waals surface area contributed by atoms with Gasteiger partial charge in [-0.25, -0.2) is 9.67 Å². The fourth-order valence-electron chi connectivity index (χ4n) is 1.73. The van der Waals surface area contributed by atoms with Crippen molar-refractivity contribution < 1.29 is 35.1 Å². The van der Waals surface area contributed by atoms with Crippen LogP contribution < -0.4 is 5.73 Å². The van der Waals surface area contributed by atoms with Gasteiger partial charge in [-0.15, -0.1) is 5.10 Å². The van der Waals surface area contributed by atoms with E-state index >= 15 is 0 Å². The third-order valence-electron chi connectivity index (χ3n) is 3.00. The van der Waals surface area contributed by atoms with Crippen molar-refractivity contribution in [3.05, 3.63) is 35.4 Å². The Morgan fingerprint density at radius 3 is 2.04 bits per heavy atom. The minimum atomic E-state index is -6.14. The Kier molecular flexibility index (Phi) is 3.97. The molecule has 0 fully saturated rings. The predicted octanol–water partition coefficient (Wildman–Crippen LogP) is 3.83. The predicted molar refractivity (Wildman–Crippen MR) is 65.5 cm³/mol. The van der Waals surface area contributed by atoms with E-state index in [0.717, 1.165) is 18.2 Å². The number of alkyl halides is 8. The zero-order chi connectivity index (χ0) is 18.5. The van der Waals surface area contributed by atoms with Crippen LogP contribution in [0.2, 0.25) is 0 Å². The van der Waals surface area contributed by atoms with E-state index in [2.05, 4.69) is 10.1 Å². The number of anilines is 1. The maximum absolute atomic E-state index is 13.3. The molecular formula is C12H8F8N4. The Balaban J connectivity index is 2.69. The molecule has 0 spiro atoms. The number of aromatic nitrogens is 3. The average molecular weight is 360 g/mol. The van der Waals surface area contributed by atoms with Crippen molar-refractivity contribution in [1.82, 2.24) is 14.8 Å². The standard InChI is InChI=1S/C12H8F8N4/c1-5-4-6(2-3-7(5)21)24-9(11(15,16)17)22-8(23-24)10(13,14)12(18,19)20/h2-4H,21H2,1H3. The van der Waals surface area contributed by atoms with Crippen LogP contribution in [0.15, 0.2) is 18.2 Å². The molecule has 0 aliphatic carbocycles. The lowest BCUT2D eigenvalue weighted by molar-refractivity contribution is -0.292. The van der Waals surface area contributed by atoms with Crippen molar-refractivity contribution in [3.63, 3.8) is 0 Å². The Morgan fingerprint density at radius 2 is 1.58 bits per heavy atom. The molecule has 0 aliphatic heterocycles. The number of halogens is 8. The molecule has 1 heterocycles. The smallest absolute Gasteiger partial charge is 0.399 e. The van der Waals surface area contributed by atoms with Crippen LogP contribution >= 0.6 is 0 Å². The van der Waals surface area contributed by atoms with Crippen LogP contribution in [0, 0.1) is 6.92 Å². The number of nitrogens with two attached hydrogens (primary N) is 1. The van der Waals surface area contributed by atoms with Crippen molar-refractivity contribution in [1.29, 1.82) is 0 Å².